The average molecular weight is 907 g/mol. The highest BCUT2D eigenvalue weighted by molar-refractivity contribution is 6.74. The summed E-state index contributed by atoms with van der Waals surface area (Å²) in [5.41, 5.74) is 1.95. The largest absolute Gasteiger partial charge is 0.497 e. The van der Waals surface area contributed by atoms with Gasteiger partial charge in [-0.1, -0.05) is 113 Å². The Balaban J connectivity index is 1.13. The number of rotatable bonds is 23. The predicted molar refractivity (Wildman–Crippen MR) is 254 cm³/mol. The average Bonchev–Trinajstić information content (AvgIpc) is 3.70. The first-order valence-corrected chi connectivity index (χ1v) is 25.5. The van der Waals surface area contributed by atoms with Gasteiger partial charge in [0.1, 0.15) is 35.2 Å². The smallest absolute Gasteiger partial charge is 0.352 e. The van der Waals surface area contributed by atoms with Crippen LogP contribution >= 0.6 is 0 Å². The molecule has 1 aliphatic heterocycles. The Morgan fingerprint density at radius 3 is 1.88 bits per heavy atom. The lowest BCUT2D eigenvalue weighted by molar-refractivity contribution is -0.146. The zero-order valence-corrected chi connectivity index (χ0v) is 40.2. The molecule has 0 radical (unpaired) electrons. The van der Waals surface area contributed by atoms with Crippen LogP contribution in [0.1, 0.15) is 87.8 Å². The lowest BCUT2D eigenvalue weighted by Gasteiger charge is -2.40. The van der Waals surface area contributed by atoms with Crippen LogP contribution in [-0.4, -0.2) is 76.7 Å². The molecule has 3 atom stereocenters. The Labute approximate surface area is 385 Å². The summed E-state index contributed by atoms with van der Waals surface area (Å²) in [6.45, 7) is 13.8. The van der Waals surface area contributed by atoms with Crippen molar-refractivity contribution in [2.24, 2.45) is 0 Å². The summed E-state index contributed by atoms with van der Waals surface area (Å²) < 4.78 is 50.7. The summed E-state index contributed by atoms with van der Waals surface area (Å²) in [4.78, 5) is 30.2. The topological polar surface area (TPSA) is 126 Å². The van der Waals surface area contributed by atoms with E-state index in [2.05, 4.69) is 51.0 Å². The summed E-state index contributed by atoms with van der Waals surface area (Å²) in [5.74, 6) is 2.04. The number of carbonyl (C=O) groups is 1. The summed E-state index contributed by atoms with van der Waals surface area (Å²) in [6.07, 6.45) is 5.05. The molecule has 1 saturated heterocycles. The van der Waals surface area contributed by atoms with Gasteiger partial charge in [0.15, 0.2) is 14.9 Å². The Morgan fingerprint density at radius 2 is 1.29 bits per heavy atom. The van der Waals surface area contributed by atoms with Gasteiger partial charge in [0.2, 0.25) is 5.88 Å². The van der Waals surface area contributed by atoms with Gasteiger partial charge in [0, 0.05) is 18.2 Å². The fourth-order valence-electron chi connectivity index (χ4n) is 7.68. The van der Waals surface area contributed by atoms with E-state index in [9.17, 15) is 9.59 Å². The molecule has 4 aromatic carbocycles. The molecule has 0 spiro atoms. The lowest BCUT2D eigenvalue weighted by Crippen LogP contribution is -2.47. The Kier molecular flexibility index (Phi) is 17.0. The molecule has 0 bridgehead atoms. The van der Waals surface area contributed by atoms with Gasteiger partial charge in [-0.05, 0) is 91.0 Å². The number of benzene rings is 4. The van der Waals surface area contributed by atoms with Gasteiger partial charge in [-0.2, -0.15) is 4.98 Å². The number of ether oxygens (including phenoxy) is 7. The Bertz CT molecular complexity index is 2250. The number of esters is 1. The van der Waals surface area contributed by atoms with Crippen molar-refractivity contribution < 1.29 is 42.4 Å². The fraction of sp³-hybridized carbons (Fsp3) is 0.442. The first-order chi connectivity index (χ1) is 31.2. The van der Waals surface area contributed by atoms with Crippen molar-refractivity contribution in [3.8, 4) is 23.1 Å². The van der Waals surface area contributed by atoms with Crippen LogP contribution in [0.15, 0.2) is 120 Å². The Morgan fingerprint density at radius 1 is 0.738 bits per heavy atom. The standard InChI is InChI=1S/C52H66N2O10Si/c1-38-35-54(50(56)53-49(38)60-33-19-11-9-10-18-32-59-48(55)37-61-44-22-16-13-17-23-44)47-34-45(64-65(7,8)51(2,3)4)46(63-47)36-62-52(39-20-14-12-15-21-39,40-24-28-42(57-5)29-25-40)41-26-30-43(58-6)31-27-41/h12-17,20-31,35,45-47H,9-11,18-19,32-34,36-37H2,1-8H3/t45-,46+,47+/m0/s1. The van der Waals surface area contributed by atoms with Gasteiger partial charge in [0.05, 0.1) is 40.1 Å². The second-order valence-electron chi connectivity index (χ2n) is 18.0. The molecule has 348 valence electrons. The van der Waals surface area contributed by atoms with Crippen molar-refractivity contribution in [2.75, 3.05) is 40.6 Å². The van der Waals surface area contributed by atoms with E-state index in [0.717, 1.165) is 65.9 Å². The Hall–Kier alpha value is -5.47. The van der Waals surface area contributed by atoms with E-state index in [1.165, 1.54) is 0 Å². The minimum Gasteiger partial charge on any atom is -0.497 e. The summed E-state index contributed by atoms with van der Waals surface area (Å²) >= 11 is 0. The normalized spacial score (nSPS) is 16.5. The molecule has 12 nitrogen and oxygen atoms in total. The number of aryl methyl sites for hydroxylation is 1. The van der Waals surface area contributed by atoms with Crippen LogP contribution in [-0.2, 0) is 29.0 Å². The lowest BCUT2D eigenvalue weighted by atomic mass is 9.80. The van der Waals surface area contributed by atoms with Crippen molar-refractivity contribution in [2.45, 2.75) is 108 Å². The molecule has 65 heavy (non-hydrogen) atoms. The molecule has 1 aromatic heterocycles. The molecule has 0 saturated carbocycles. The highest BCUT2D eigenvalue weighted by Crippen LogP contribution is 2.45. The molecule has 6 rings (SSSR count). The zero-order valence-electron chi connectivity index (χ0n) is 39.2. The molecule has 0 amide bonds. The number of hydrogen-bond donors (Lipinski definition) is 0. The van der Waals surface area contributed by atoms with E-state index >= 15 is 0 Å². The molecule has 1 aliphatic rings. The maximum atomic E-state index is 13.8. The molecule has 2 heterocycles. The van der Waals surface area contributed by atoms with Gasteiger partial charge < -0.3 is 37.6 Å². The third kappa shape index (κ3) is 12.7. The maximum absolute atomic E-state index is 13.8. The van der Waals surface area contributed by atoms with Gasteiger partial charge >= 0.3 is 11.7 Å². The van der Waals surface area contributed by atoms with Crippen LogP contribution in [0, 0.1) is 6.92 Å². The second kappa shape index (κ2) is 22.6. The molecule has 1 fully saturated rings. The minimum atomic E-state index is -2.32. The van der Waals surface area contributed by atoms with E-state index in [4.69, 9.17) is 37.6 Å². The van der Waals surface area contributed by atoms with Crippen LogP contribution < -0.4 is 24.6 Å². The van der Waals surface area contributed by atoms with E-state index < -0.39 is 31.9 Å². The number of para-hydroxylation sites is 1. The van der Waals surface area contributed by atoms with Crippen LogP contribution in [0.4, 0.5) is 0 Å². The van der Waals surface area contributed by atoms with Gasteiger partial charge in [0.25, 0.3) is 0 Å². The molecule has 0 aliphatic carbocycles. The highest BCUT2D eigenvalue weighted by Gasteiger charge is 2.47. The molecular weight excluding hydrogens is 841 g/mol. The predicted octanol–water partition coefficient (Wildman–Crippen LogP) is 10.2. The molecule has 0 unspecified atom stereocenters. The van der Waals surface area contributed by atoms with Gasteiger partial charge in [-0.25, -0.2) is 9.59 Å². The van der Waals surface area contributed by atoms with Crippen molar-refractivity contribution in [1.82, 2.24) is 9.55 Å². The number of aromatic nitrogens is 2. The van der Waals surface area contributed by atoms with Crippen LogP contribution in [0.2, 0.25) is 18.1 Å². The number of methoxy groups -OCH3 is 2. The maximum Gasteiger partial charge on any atom is 0.352 e. The van der Waals surface area contributed by atoms with E-state index in [0.29, 0.717) is 31.3 Å². The summed E-state index contributed by atoms with van der Waals surface area (Å²) in [5, 5.41) is -0.0716. The van der Waals surface area contributed by atoms with Gasteiger partial charge in [-0.15, -0.1) is 0 Å². The minimum absolute atomic E-state index is 0.0716. The number of carbonyl (C=O) groups excluding carboxylic acids is 1. The van der Waals surface area contributed by atoms with E-state index in [1.807, 2.05) is 91.9 Å². The first-order valence-electron chi connectivity index (χ1n) is 22.6. The van der Waals surface area contributed by atoms with Gasteiger partial charge in [-0.3, -0.25) is 4.57 Å². The van der Waals surface area contributed by atoms with Crippen molar-refractivity contribution in [3.05, 3.63) is 148 Å². The fourth-order valence-corrected chi connectivity index (χ4v) is 9.03. The SMILES string of the molecule is COc1ccc(C(OC[C@H]2O[C@@H](n3cc(C)c(OCCCCCCCOC(=O)COc4ccccc4)nc3=O)C[C@@H]2O[Si](C)(C)C(C)(C)C)(c2ccccc2)c2ccc(OC)cc2)cc1. The van der Waals surface area contributed by atoms with Crippen LogP contribution in [0.5, 0.6) is 23.1 Å². The summed E-state index contributed by atoms with van der Waals surface area (Å²) in [6, 6.07) is 35.2. The highest BCUT2D eigenvalue weighted by atomic mass is 28.4. The first kappa shape index (κ1) is 49.0. The second-order valence-corrected chi connectivity index (χ2v) is 22.7. The molecule has 0 N–H and O–H groups in total. The summed E-state index contributed by atoms with van der Waals surface area (Å²) in [7, 11) is 0.980. The number of hydrogen-bond acceptors (Lipinski definition) is 11. The van der Waals surface area contributed by atoms with E-state index in [-0.39, 0.29) is 30.3 Å². The van der Waals surface area contributed by atoms with Crippen molar-refractivity contribution in [1.29, 1.82) is 0 Å². The molecule has 13 heteroatoms. The molecule has 5 aromatic rings. The quantitative estimate of drug-likeness (QED) is 0.0269. The van der Waals surface area contributed by atoms with Crippen molar-refractivity contribution >= 4 is 14.3 Å². The molecular formula is C52H66N2O10Si. The third-order valence-corrected chi connectivity index (χ3v) is 16.9. The van der Waals surface area contributed by atoms with E-state index in [1.54, 1.807) is 37.1 Å². The van der Waals surface area contributed by atoms with Crippen molar-refractivity contribution in [3.63, 3.8) is 0 Å². The zero-order chi connectivity index (χ0) is 46.5. The monoisotopic (exact) mass is 906 g/mol. The number of unbranched alkanes of at least 4 members (excludes halogenated alkanes) is 4. The van der Waals surface area contributed by atoms with Crippen LogP contribution in [0.25, 0.3) is 0 Å². The van der Waals surface area contributed by atoms with Crippen LogP contribution in [0.3, 0.4) is 0 Å². The third-order valence-electron chi connectivity index (χ3n) is 12.4. The number of nitrogens with zero attached hydrogens (tertiary/aromatic N) is 2.